The van der Waals surface area contributed by atoms with E-state index in [9.17, 15) is 4.79 Å². The standard InChI is InChI=1S/C18H22N4O/c1-5-22-18-14(17(21-22)20-16(23)8-11(2)3)10-13-9-12(4)6-7-15(13)19-18/h6-7,9-11H,5,8H2,1-4H3,(H,20,21,23). The van der Waals surface area contributed by atoms with Gasteiger partial charge in [0.2, 0.25) is 5.91 Å². The van der Waals surface area contributed by atoms with Gasteiger partial charge in [-0.2, -0.15) is 5.10 Å². The van der Waals surface area contributed by atoms with E-state index in [1.165, 1.54) is 5.56 Å². The van der Waals surface area contributed by atoms with Crippen LogP contribution in [0.15, 0.2) is 24.3 Å². The van der Waals surface area contributed by atoms with Gasteiger partial charge < -0.3 is 5.32 Å². The minimum absolute atomic E-state index is 0.00741. The highest BCUT2D eigenvalue weighted by Gasteiger charge is 2.15. The van der Waals surface area contributed by atoms with Gasteiger partial charge in [-0.3, -0.25) is 4.79 Å². The maximum Gasteiger partial charge on any atom is 0.225 e. The molecule has 2 heterocycles. The van der Waals surface area contributed by atoms with Gasteiger partial charge in [-0.1, -0.05) is 25.5 Å². The number of amides is 1. The number of pyridine rings is 1. The van der Waals surface area contributed by atoms with Crippen LogP contribution in [0, 0.1) is 12.8 Å². The summed E-state index contributed by atoms with van der Waals surface area (Å²) in [4.78, 5) is 16.8. The summed E-state index contributed by atoms with van der Waals surface area (Å²) in [6, 6.07) is 8.24. The van der Waals surface area contributed by atoms with Crippen LogP contribution >= 0.6 is 0 Å². The Morgan fingerprint density at radius 1 is 1.30 bits per heavy atom. The molecular formula is C18H22N4O. The Labute approximate surface area is 135 Å². The molecule has 0 bridgehead atoms. The number of benzene rings is 1. The summed E-state index contributed by atoms with van der Waals surface area (Å²) in [5, 5.41) is 9.42. The van der Waals surface area contributed by atoms with E-state index < -0.39 is 0 Å². The van der Waals surface area contributed by atoms with Crippen molar-refractivity contribution in [3.05, 3.63) is 29.8 Å². The van der Waals surface area contributed by atoms with E-state index in [4.69, 9.17) is 4.98 Å². The first-order valence-electron chi connectivity index (χ1n) is 8.05. The van der Waals surface area contributed by atoms with Crippen LogP contribution in [0.2, 0.25) is 0 Å². The van der Waals surface area contributed by atoms with E-state index in [1.54, 1.807) is 0 Å². The number of fused-ring (bicyclic) bond motifs is 2. The minimum Gasteiger partial charge on any atom is -0.309 e. The first-order valence-corrected chi connectivity index (χ1v) is 8.05. The number of hydrogen-bond donors (Lipinski definition) is 1. The molecule has 120 valence electrons. The summed E-state index contributed by atoms with van der Waals surface area (Å²) in [5.74, 6) is 0.909. The Bertz CT molecular complexity index is 879. The summed E-state index contributed by atoms with van der Waals surface area (Å²) >= 11 is 0. The van der Waals surface area contributed by atoms with Crippen molar-refractivity contribution in [3.8, 4) is 0 Å². The number of carbonyl (C=O) groups is 1. The van der Waals surface area contributed by atoms with Crippen LogP contribution in [-0.4, -0.2) is 20.7 Å². The molecular weight excluding hydrogens is 288 g/mol. The van der Waals surface area contributed by atoms with Gasteiger partial charge in [-0.15, -0.1) is 0 Å². The molecule has 3 rings (SSSR count). The molecule has 0 saturated carbocycles. The predicted octanol–water partition coefficient (Wildman–Crippen LogP) is 3.90. The molecule has 0 spiro atoms. The Kier molecular flexibility index (Phi) is 4.03. The zero-order chi connectivity index (χ0) is 16.6. The fourth-order valence-electron chi connectivity index (χ4n) is 2.75. The zero-order valence-electron chi connectivity index (χ0n) is 14.1. The molecule has 1 amide bonds. The topological polar surface area (TPSA) is 59.8 Å². The SMILES string of the molecule is CCn1nc(NC(=O)CC(C)C)c2cc3cc(C)ccc3nc21. The van der Waals surface area contributed by atoms with Crippen LogP contribution in [0.25, 0.3) is 21.9 Å². The van der Waals surface area contributed by atoms with E-state index in [-0.39, 0.29) is 5.91 Å². The van der Waals surface area contributed by atoms with Crippen molar-refractivity contribution in [2.75, 3.05) is 5.32 Å². The quantitative estimate of drug-likeness (QED) is 0.795. The number of aryl methyl sites for hydroxylation is 2. The highest BCUT2D eigenvalue weighted by Crippen LogP contribution is 2.26. The molecule has 5 nitrogen and oxygen atoms in total. The lowest BCUT2D eigenvalue weighted by Gasteiger charge is -2.05. The van der Waals surface area contributed by atoms with E-state index >= 15 is 0 Å². The number of carbonyl (C=O) groups excluding carboxylic acids is 1. The molecule has 5 heteroatoms. The molecule has 23 heavy (non-hydrogen) atoms. The number of hydrogen-bond acceptors (Lipinski definition) is 3. The van der Waals surface area contributed by atoms with Gasteiger partial charge in [0, 0.05) is 18.4 Å². The highest BCUT2D eigenvalue weighted by molar-refractivity contribution is 6.02. The van der Waals surface area contributed by atoms with Crippen molar-refractivity contribution in [3.63, 3.8) is 0 Å². The van der Waals surface area contributed by atoms with Gasteiger partial charge in [0.15, 0.2) is 11.5 Å². The maximum absolute atomic E-state index is 12.1. The van der Waals surface area contributed by atoms with Gasteiger partial charge >= 0.3 is 0 Å². The van der Waals surface area contributed by atoms with Crippen LogP contribution in [0.1, 0.15) is 32.8 Å². The van der Waals surface area contributed by atoms with Gasteiger partial charge in [0.1, 0.15) is 0 Å². The molecule has 0 radical (unpaired) electrons. The molecule has 1 N–H and O–H groups in total. The van der Waals surface area contributed by atoms with Crippen molar-refractivity contribution in [2.24, 2.45) is 5.92 Å². The lowest BCUT2D eigenvalue weighted by Crippen LogP contribution is -2.14. The molecule has 3 aromatic rings. The molecule has 0 saturated heterocycles. The van der Waals surface area contributed by atoms with Crippen LogP contribution in [0.3, 0.4) is 0 Å². The second-order valence-electron chi connectivity index (χ2n) is 6.37. The third-order valence-electron chi connectivity index (χ3n) is 3.82. The number of rotatable bonds is 4. The second-order valence-corrected chi connectivity index (χ2v) is 6.37. The van der Waals surface area contributed by atoms with Gasteiger partial charge in [0.05, 0.1) is 10.9 Å². The number of nitrogens with zero attached hydrogens (tertiary/aromatic N) is 3. The van der Waals surface area contributed by atoms with Crippen molar-refractivity contribution in [1.82, 2.24) is 14.8 Å². The van der Waals surface area contributed by atoms with E-state index in [0.29, 0.717) is 24.7 Å². The molecule has 0 aliphatic rings. The largest absolute Gasteiger partial charge is 0.309 e. The Balaban J connectivity index is 2.12. The van der Waals surface area contributed by atoms with Crippen LogP contribution in [0.5, 0.6) is 0 Å². The summed E-state index contributed by atoms with van der Waals surface area (Å²) in [6.07, 6.45) is 0.487. The molecule has 1 aromatic carbocycles. The molecule has 0 aliphatic carbocycles. The average molecular weight is 310 g/mol. The Morgan fingerprint density at radius 2 is 2.09 bits per heavy atom. The Morgan fingerprint density at radius 3 is 2.78 bits per heavy atom. The smallest absolute Gasteiger partial charge is 0.225 e. The van der Waals surface area contributed by atoms with Crippen molar-refractivity contribution in [2.45, 2.75) is 40.7 Å². The van der Waals surface area contributed by atoms with E-state index in [0.717, 1.165) is 21.9 Å². The zero-order valence-corrected chi connectivity index (χ0v) is 14.1. The third-order valence-corrected chi connectivity index (χ3v) is 3.82. The lowest BCUT2D eigenvalue weighted by atomic mass is 10.1. The number of aromatic nitrogens is 3. The molecule has 2 aromatic heterocycles. The fraction of sp³-hybridized carbons (Fsp3) is 0.389. The maximum atomic E-state index is 12.1. The second kappa shape index (κ2) is 5.99. The highest BCUT2D eigenvalue weighted by atomic mass is 16.1. The summed E-state index contributed by atoms with van der Waals surface area (Å²) in [5.41, 5.74) is 2.94. The normalized spacial score (nSPS) is 11.5. The molecule has 0 unspecified atom stereocenters. The molecule has 0 fully saturated rings. The Hall–Kier alpha value is -2.43. The number of anilines is 1. The minimum atomic E-state index is -0.00741. The van der Waals surface area contributed by atoms with Crippen molar-refractivity contribution in [1.29, 1.82) is 0 Å². The van der Waals surface area contributed by atoms with Gasteiger partial charge in [-0.25, -0.2) is 9.67 Å². The lowest BCUT2D eigenvalue weighted by molar-refractivity contribution is -0.116. The van der Waals surface area contributed by atoms with E-state index in [1.807, 2.05) is 31.5 Å². The van der Waals surface area contributed by atoms with Gasteiger partial charge in [-0.05, 0) is 38.0 Å². The van der Waals surface area contributed by atoms with Crippen LogP contribution in [0.4, 0.5) is 5.82 Å². The first-order chi connectivity index (χ1) is 11.0. The molecule has 0 aliphatic heterocycles. The van der Waals surface area contributed by atoms with Gasteiger partial charge in [0.25, 0.3) is 0 Å². The first kappa shape index (κ1) is 15.5. The van der Waals surface area contributed by atoms with E-state index in [2.05, 4.69) is 35.5 Å². The van der Waals surface area contributed by atoms with Crippen LogP contribution < -0.4 is 5.32 Å². The monoisotopic (exact) mass is 310 g/mol. The van der Waals surface area contributed by atoms with Crippen LogP contribution in [-0.2, 0) is 11.3 Å². The number of nitrogens with one attached hydrogen (secondary N) is 1. The average Bonchev–Trinajstić information content (AvgIpc) is 2.81. The summed E-state index contributed by atoms with van der Waals surface area (Å²) in [7, 11) is 0. The fourth-order valence-corrected chi connectivity index (χ4v) is 2.75. The van der Waals surface area contributed by atoms with Crippen molar-refractivity contribution >= 4 is 33.7 Å². The summed E-state index contributed by atoms with van der Waals surface area (Å²) < 4.78 is 1.83. The predicted molar refractivity (Wildman–Crippen MR) is 93.5 cm³/mol. The third kappa shape index (κ3) is 3.04. The molecule has 0 atom stereocenters. The van der Waals surface area contributed by atoms with Crippen molar-refractivity contribution < 1.29 is 4.79 Å². The summed E-state index contributed by atoms with van der Waals surface area (Å²) in [6.45, 7) is 8.85.